The molecule has 3 aliphatic rings. The highest BCUT2D eigenvalue weighted by atomic mass is 16.5. The molecule has 2 amide bonds. The van der Waals surface area contributed by atoms with Crippen LogP contribution in [0.4, 0.5) is 5.69 Å². The lowest BCUT2D eigenvalue weighted by Gasteiger charge is -2.28. The number of nitrogens with zero attached hydrogens (tertiary/aromatic N) is 1. The highest BCUT2D eigenvalue weighted by molar-refractivity contribution is 6.22. The topological polar surface area (TPSA) is 55.8 Å². The molecule has 2 saturated heterocycles. The first-order valence-corrected chi connectivity index (χ1v) is 10.5. The van der Waals surface area contributed by atoms with Crippen molar-refractivity contribution in [1.82, 2.24) is 0 Å². The summed E-state index contributed by atoms with van der Waals surface area (Å²) in [4.78, 5) is 27.7. The Morgan fingerprint density at radius 2 is 1.70 bits per heavy atom. The molecular formula is C25H25NO4. The van der Waals surface area contributed by atoms with Crippen molar-refractivity contribution in [3.05, 3.63) is 77.9 Å². The number of fused-ring (bicyclic) bond motifs is 3. The molecule has 5 rings (SSSR count). The Bertz CT molecular complexity index is 971. The fourth-order valence-corrected chi connectivity index (χ4v) is 5.03. The highest BCUT2D eigenvalue weighted by Gasteiger charge is 2.56. The van der Waals surface area contributed by atoms with Gasteiger partial charge in [-0.1, -0.05) is 54.6 Å². The molecule has 5 atom stereocenters. The van der Waals surface area contributed by atoms with E-state index in [4.69, 9.17) is 9.47 Å². The Balaban J connectivity index is 1.32. The van der Waals surface area contributed by atoms with Crippen LogP contribution in [0.3, 0.4) is 0 Å². The second kappa shape index (κ2) is 7.82. The molecule has 154 valence electrons. The van der Waals surface area contributed by atoms with Crippen LogP contribution >= 0.6 is 0 Å². The van der Waals surface area contributed by atoms with E-state index in [-0.39, 0.29) is 41.8 Å². The molecule has 0 N–H and O–H groups in total. The Morgan fingerprint density at radius 3 is 2.43 bits per heavy atom. The van der Waals surface area contributed by atoms with Gasteiger partial charge in [0.15, 0.2) is 0 Å². The zero-order valence-electron chi connectivity index (χ0n) is 16.9. The second-order valence-corrected chi connectivity index (χ2v) is 8.28. The highest BCUT2D eigenvalue weighted by Crippen LogP contribution is 2.47. The zero-order chi connectivity index (χ0) is 20.7. The van der Waals surface area contributed by atoms with E-state index in [0.717, 1.165) is 11.1 Å². The van der Waals surface area contributed by atoms with E-state index < -0.39 is 0 Å². The summed E-state index contributed by atoms with van der Waals surface area (Å²) in [5.41, 5.74) is 2.89. The van der Waals surface area contributed by atoms with Gasteiger partial charge < -0.3 is 9.47 Å². The number of anilines is 1. The van der Waals surface area contributed by atoms with Gasteiger partial charge in [-0.3, -0.25) is 14.5 Å². The van der Waals surface area contributed by atoms with Crippen LogP contribution in [0.1, 0.15) is 18.9 Å². The lowest BCUT2D eigenvalue weighted by molar-refractivity contribution is -0.122. The van der Waals surface area contributed by atoms with Gasteiger partial charge in [0.2, 0.25) is 11.8 Å². The van der Waals surface area contributed by atoms with Gasteiger partial charge in [0.1, 0.15) is 6.10 Å². The second-order valence-electron chi connectivity index (χ2n) is 8.28. The van der Waals surface area contributed by atoms with Gasteiger partial charge in [0, 0.05) is 5.92 Å². The molecule has 0 saturated carbocycles. The maximum atomic E-state index is 13.3. The van der Waals surface area contributed by atoms with Crippen molar-refractivity contribution in [2.24, 2.45) is 17.8 Å². The molecule has 5 heteroatoms. The minimum Gasteiger partial charge on any atom is -0.371 e. The average molecular weight is 403 g/mol. The molecule has 0 radical (unpaired) electrons. The zero-order valence-corrected chi connectivity index (χ0v) is 16.9. The van der Waals surface area contributed by atoms with Crippen LogP contribution in [0.25, 0.3) is 0 Å². The predicted octanol–water partition coefficient (Wildman–Crippen LogP) is 3.74. The normalized spacial score (nSPS) is 28.8. The van der Waals surface area contributed by atoms with Crippen molar-refractivity contribution in [3.63, 3.8) is 0 Å². The Labute approximate surface area is 176 Å². The third kappa shape index (κ3) is 3.18. The SMILES string of the molecule is C[C@H](OCc1ccccc1)[C@H]1OC[C@H]2C1=CC[C@H]1C(=O)N(c3ccccc3)C(=O)[C@H]12. The number of carbonyl (C=O) groups excluding carboxylic acids is 2. The summed E-state index contributed by atoms with van der Waals surface area (Å²) >= 11 is 0. The molecule has 30 heavy (non-hydrogen) atoms. The van der Waals surface area contributed by atoms with E-state index >= 15 is 0 Å². The van der Waals surface area contributed by atoms with Gasteiger partial charge in [-0.2, -0.15) is 0 Å². The van der Waals surface area contributed by atoms with E-state index in [9.17, 15) is 9.59 Å². The molecule has 2 aromatic rings. The first-order chi connectivity index (χ1) is 14.6. The van der Waals surface area contributed by atoms with Gasteiger partial charge in [-0.15, -0.1) is 0 Å². The van der Waals surface area contributed by atoms with Crippen LogP contribution in [0.15, 0.2) is 72.3 Å². The molecule has 2 heterocycles. The van der Waals surface area contributed by atoms with Crippen molar-refractivity contribution in [1.29, 1.82) is 0 Å². The van der Waals surface area contributed by atoms with Crippen molar-refractivity contribution in [2.45, 2.75) is 32.2 Å². The summed E-state index contributed by atoms with van der Waals surface area (Å²) in [7, 11) is 0. The number of hydrogen-bond acceptors (Lipinski definition) is 4. The lowest BCUT2D eigenvalue weighted by Crippen LogP contribution is -2.34. The predicted molar refractivity (Wildman–Crippen MR) is 113 cm³/mol. The Morgan fingerprint density at radius 1 is 1.00 bits per heavy atom. The molecule has 2 aliphatic heterocycles. The van der Waals surface area contributed by atoms with Gasteiger partial charge >= 0.3 is 0 Å². The fourth-order valence-electron chi connectivity index (χ4n) is 5.03. The lowest BCUT2D eigenvalue weighted by atomic mass is 9.73. The molecule has 5 nitrogen and oxygen atoms in total. The Kier molecular flexibility index (Phi) is 5.01. The monoisotopic (exact) mass is 403 g/mol. The minimum absolute atomic E-state index is 0.0540. The maximum Gasteiger partial charge on any atom is 0.238 e. The number of hydrogen-bond donors (Lipinski definition) is 0. The van der Waals surface area contributed by atoms with E-state index in [0.29, 0.717) is 25.3 Å². The van der Waals surface area contributed by atoms with Gasteiger partial charge in [-0.25, -0.2) is 0 Å². The average Bonchev–Trinajstić information content (AvgIpc) is 3.32. The Hall–Kier alpha value is -2.76. The number of carbonyl (C=O) groups is 2. The van der Waals surface area contributed by atoms with Crippen molar-refractivity contribution in [3.8, 4) is 0 Å². The molecule has 0 aromatic heterocycles. The molecule has 0 unspecified atom stereocenters. The molecule has 0 spiro atoms. The molecule has 0 bridgehead atoms. The van der Waals surface area contributed by atoms with Gasteiger partial charge in [0.25, 0.3) is 0 Å². The van der Waals surface area contributed by atoms with Crippen LogP contribution in [0.2, 0.25) is 0 Å². The standard InChI is InChI=1S/C25H25NO4/c1-16(29-14-17-8-4-2-5-9-17)23-19-12-13-20-22(21(19)15-30-23)25(28)26(24(20)27)18-10-6-3-7-11-18/h2-12,16,20-23H,13-15H2,1H3/t16-,20+,21-,22+,23+/m0/s1. The number of rotatable bonds is 5. The van der Waals surface area contributed by atoms with Gasteiger partial charge in [0.05, 0.1) is 36.8 Å². The van der Waals surface area contributed by atoms with Gasteiger partial charge in [-0.05, 0) is 36.6 Å². The summed E-state index contributed by atoms with van der Waals surface area (Å²) in [5.74, 6) is -0.891. The summed E-state index contributed by atoms with van der Waals surface area (Å²) in [6.07, 6.45) is 2.39. The van der Waals surface area contributed by atoms with Crippen LogP contribution in [-0.4, -0.2) is 30.6 Å². The van der Waals surface area contributed by atoms with E-state index in [1.54, 1.807) is 0 Å². The number of amides is 2. The summed E-state index contributed by atoms with van der Waals surface area (Å²) in [5, 5.41) is 0. The number of benzene rings is 2. The first-order valence-electron chi connectivity index (χ1n) is 10.5. The summed E-state index contributed by atoms with van der Waals surface area (Å²) in [6, 6.07) is 19.3. The van der Waals surface area contributed by atoms with Crippen LogP contribution in [0.5, 0.6) is 0 Å². The number of allylic oxidation sites excluding steroid dienone is 1. The fraction of sp³-hybridized carbons (Fsp3) is 0.360. The molecule has 2 aromatic carbocycles. The quantitative estimate of drug-likeness (QED) is 0.564. The van der Waals surface area contributed by atoms with E-state index in [1.165, 1.54) is 4.90 Å². The molecule has 2 fully saturated rings. The third-order valence-electron chi connectivity index (χ3n) is 6.53. The van der Waals surface area contributed by atoms with Crippen molar-refractivity contribution < 1.29 is 19.1 Å². The first kappa shape index (κ1) is 19.2. The van der Waals surface area contributed by atoms with Crippen LogP contribution in [0, 0.1) is 17.8 Å². The van der Waals surface area contributed by atoms with E-state index in [2.05, 4.69) is 6.08 Å². The minimum atomic E-state index is -0.343. The van der Waals surface area contributed by atoms with Crippen molar-refractivity contribution >= 4 is 17.5 Å². The molecular weight excluding hydrogens is 378 g/mol. The van der Waals surface area contributed by atoms with Crippen LogP contribution < -0.4 is 4.90 Å². The molecule has 1 aliphatic carbocycles. The largest absolute Gasteiger partial charge is 0.371 e. The van der Waals surface area contributed by atoms with Crippen LogP contribution in [-0.2, 0) is 25.7 Å². The maximum absolute atomic E-state index is 13.3. The number of para-hydroxylation sites is 1. The summed E-state index contributed by atoms with van der Waals surface area (Å²) in [6.45, 7) is 2.99. The van der Waals surface area contributed by atoms with E-state index in [1.807, 2.05) is 67.6 Å². The summed E-state index contributed by atoms with van der Waals surface area (Å²) < 4.78 is 12.2. The third-order valence-corrected chi connectivity index (χ3v) is 6.53. The number of imide groups is 1. The van der Waals surface area contributed by atoms with Crippen molar-refractivity contribution in [2.75, 3.05) is 11.5 Å². The number of ether oxygens (including phenoxy) is 2. The smallest absolute Gasteiger partial charge is 0.238 e.